The molecule has 3 aromatic rings. The zero-order chi connectivity index (χ0) is 19.5. The fourth-order valence-electron chi connectivity index (χ4n) is 4.43. The second-order valence-corrected chi connectivity index (χ2v) is 7.79. The van der Waals surface area contributed by atoms with E-state index in [1.165, 1.54) is 27.8 Å². The minimum absolute atomic E-state index is 0.156. The molecule has 0 spiro atoms. The highest BCUT2D eigenvalue weighted by Crippen LogP contribution is 2.43. The highest BCUT2D eigenvalue weighted by atomic mass is 16.3. The van der Waals surface area contributed by atoms with Gasteiger partial charge in [0.1, 0.15) is 11.5 Å². The molecule has 0 fully saturated rings. The van der Waals surface area contributed by atoms with Crippen molar-refractivity contribution < 1.29 is 8.83 Å². The summed E-state index contributed by atoms with van der Waals surface area (Å²) >= 11 is 0. The average Bonchev–Trinajstić information content (AvgIpc) is 3.39. The Kier molecular flexibility index (Phi) is 5.54. The number of nitrogens with zero attached hydrogens (tertiary/aromatic N) is 1. The summed E-state index contributed by atoms with van der Waals surface area (Å²) in [6.07, 6.45) is 6.79. The Morgan fingerprint density at radius 2 is 1.86 bits per heavy atom. The van der Waals surface area contributed by atoms with Gasteiger partial charge in [-0.2, -0.15) is 0 Å². The van der Waals surface area contributed by atoms with Gasteiger partial charge in [0.05, 0.1) is 25.1 Å². The van der Waals surface area contributed by atoms with Gasteiger partial charge in [-0.1, -0.05) is 37.1 Å². The molecule has 0 N–H and O–H groups in total. The molecule has 1 atom stereocenters. The van der Waals surface area contributed by atoms with Gasteiger partial charge in [-0.3, -0.25) is 4.90 Å². The molecule has 2 aromatic heterocycles. The molecule has 0 aliphatic carbocycles. The highest BCUT2D eigenvalue weighted by molar-refractivity contribution is 5.73. The van der Waals surface area contributed by atoms with E-state index in [2.05, 4.69) is 56.0 Å². The number of benzene rings is 1. The molecule has 28 heavy (non-hydrogen) atoms. The number of rotatable bonds is 6. The third-order valence-corrected chi connectivity index (χ3v) is 5.72. The van der Waals surface area contributed by atoms with E-state index in [1.54, 1.807) is 12.5 Å². The summed E-state index contributed by atoms with van der Waals surface area (Å²) in [6, 6.07) is 15.1. The van der Waals surface area contributed by atoms with Gasteiger partial charge in [0.25, 0.3) is 0 Å². The molecule has 1 aromatic carbocycles. The van der Waals surface area contributed by atoms with Crippen LogP contribution in [0.3, 0.4) is 0 Å². The lowest BCUT2D eigenvalue weighted by Crippen LogP contribution is -2.34. The van der Waals surface area contributed by atoms with E-state index in [-0.39, 0.29) is 6.04 Å². The summed E-state index contributed by atoms with van der Waals surface area (Å²) in [4.78, 5) is 2.50. The van der Waals surface area contributed by atoms with Gasteiger partial charge in [0.2, 0.25) is 0 Å². The predicted octanol–water partition coefficient (Wildman–Crippen LogP) is 6.69. The fourth-order valence-corrected chi connectivity index (χ4v) is 4.43. The van der Waals surface area contributed by atoms with E-state index in [4.69, 9.17) is 8.83 Å². The van der Waals surface area contributed by atoms with Crippen LogP contribution in [0.2, 0.25) is 0 Å². The lowest BCUT2D eigenvalue weighted by molar-refractivity contribution is 0.170. The molecular weight excluding hydrogens is 346 g/mol. The summed E-state index contributed by atoms with van der Waals surface area (Å²) in [5, 5.41) is 0. The summed E-state index contributed by atoms with van der Waals surface area (Å²) < 4.78 is 11.6. The van der Waals surface area contributed by atoms with Crippen molar-refractivity contribution in [1.29, 1.82) is 0 Å². The first-order chi connectivity index (χ1) is 13.7. The van der Waals surface area contributed by atoms with E-state index >= 15 is 0 Å². The van der Waals surface area contributed by atoms with E-state index < -0.39 is 0 Å². The maximum absolute atomic E-state index is 5.93. The standard InChI is InChI=1S/C25H29NO2/c1-4-7-22-21(23-16-18(2)10-11-19(23)3)12-13-26(17-20-8-5-14-27-20)25(22)24-9-6-15-28-24/h5-6,8-11,14-16,25H,4,7,12-13,17H2,1-3H3. The van der Waals surface area contributed by atoms with Crippen LogP contribution in [0.25, 0.3) is 5.57 Å². The van der Waals surface area contributed by atoms with Crippen LogP contribution in [0.4, 0.5) is 0 Å². The molecule has 0 saturated carbocycles. The monoisotopic (exact) mass is 375 g/mol. The van der Waals surface area contributed by atoms with Crippen molar-refractivity contribution in [3.63, 3.8) is 0 Å². The number of furan rings is 2. The smallest absolute Gasteiger partial charge is 0.125 e. The van der Waals surface area contributed by atoms with Crippen molar-refractivity contribution in [1.82, 2.24) is 4.90 Å². The first-order valence-electron chi connectivity index (χ1n) is 10.3. The van der Waals surface area contributed by atoms with Crippen molar-refractivity contribution in [2.75, 3.05) is 6.54 Å². The second kappa shape index (κ2) is 8.24. The summed E-state index contributed by atoms with van der Waals surface area (Å²) in [6.45, 7) is 8.45. The molecule has 1 unspecified atom stereocenters. The maximum atomic E-state index is 5.93. The Balaban J connectivity index is 1.82. The highest BCUT2D eigenvalue weighted by Gasteiger charge is 2.33. The minimum Gasteiger partial charge on any atom is -0.468 e. The average molecular weight is 376 g/mol. The Morgan fingerprint density at radius 3 is 2.57 bits per heavy atom. The third-order valence-electron chi connectivity index (χ3n) is 5.72. The van der Waals surface area contributed by atoms with Gasteiger partial charge >= 0.3 is 0 Å². The van der Waals surface area contributed by atoms with Crippen molar-refractivity contribution >= 4 is 5.57 Å². The molecular formula is C25H29NO2. The Labute approximate surface area is 167 Å². The fraction of sp³-hybridized carbons (Fsp3) is 0.360. The van der Waals surface area contributed by atoms with Crippen LogP contribution in [-0.2, 0) is 6.54 Å². The van der Waals surface area contributed by atoms with Crippen LogP contribution >= 0.6 is 0 Å². The van der Waals surface area contributed by atoms with Crippen LogP contribution < -0.4 is 0 Å². The third kappa shape index (κ3) is 3.72. The first-order valence-corrected chi connectivity index (χ1v) is 10.3. The Hall–Kier alpha value is -2.52. The number of aryl methyl sites for hydroxylation is 2. The van der Waals surface area contributed by atoms with Gasteiger partial charge in [-0.15, -0.1) is 0 Å². The van der Waals surface area contributed by atoms with Crippen molar-refractivity contribution in [2.45, 2.75) is 52.6 Å². The first kappa shape index (κ1) is 18.8. The van der Waals surface area contributed by atoms with Crippen LogP contribution in [-0.4, -0.2) is 11.4 Å². The number of hydrogen-bond acceptors (Lipinski definition) is 3. The summed E-state index contributed by atoms with van der Waals surface area (Å²) in [5.74, 6) is 2.03. The van der Waals surface area contributed by atoms with Crippen LogP contribution in [0.15, 0.2) is 69.4 Å². The van der Waals surface area contributed by atoms with E-state index in [0.717, 1.165) is 43.9 Å². The van der Waals surface area contributed by atoms with E-state index in [9.17, 15) is 0 Å². The lowest BCUT2D eigenvalue weighted by atomic mass is 9.83. The molecule has 3 heterocycles. The molecule has 3 nitrogen and oxygen atoms in total. The van der Waals surface area contributed by atoms with Gasteiger partial charge in [-0.25, -0.2) is 0 Å². The van der Waals surface area contributed by atoms with Crippen molar-refractivity contribution in [3.8, 4) is 0 Å². The van der Waals surface area contributed by atoms with Gasteiger partial charge < -0.3 is 8.83 Å². The van der Waals surface area contributed by atoms with Crippen LogP contribution in [0.1, 0.15) is 60.4 Å². The normalized spacial score (nSPS) is 18.0. The molecule has 0 radical (unpaired) electrons. The van der Waals surface area contributed by atoms with E-state index in [1.807, 2.05) is 12.1 Å². The molecule has 1 aliphatic heterocycles. The van der Waals surface area contributed by atoms with Gasteiger partial charge in [0.15, 0.2) is 0 Å². The molecule has 0 saturated heterocycles. The Bertz CT molecular complexity index is 935. The lowest BCUT2D eigenvalue weighted by Gasteiger charge is -2.38. The van der Waals surface area contributed by atoms with E-state index in [0.29, 0.717) is 0 Å². The summed E-state index contributed by atoms with van der Waals surface area (Å²) in [7, 11) is 0. The Morgan fingerprint density at radius 1 is 1.04 bits per heavy atom. The zero-order valence-electron chi connectivity index (χ0n) is 17.1. The second-order valence-electron chi connectivity index (χ2n) is 7.79. The van der Waals surface area contributed by atoms with Crippen molar-refractivity contribution in [2.24, 2.45) is 0 Å². The van der Waals surface area contributed by atoms with Crippen LogP contribution in [0, 0.1) is 13.8 Å². The minimum atomic E-state index is 0.156. The van der Waals surface area contributed by atoms with Crippen LogP contribution in [0.5, 0.6) is 0 Å². The zero-order valence-corrected chi connectivity index (χ0v) is 17.1. The molecule has 0 amide bonds. The quantitative estimate of drug-likeness (QED) is 0.480. The topological polar surface area (TPSA) is 29.5 Å². The molecule has 1 aliphatic rings. The molecule has 146 valence electrons. The van der Waals surface area contributed by atoms with Gasteiger partial charge in [0, 0.05) is 6.54 Å². The predicted molar refractivity (Wildman–Crippen MR) is 113 cm³/mol. The number of hydrogen-bond donors (Lipinski definition) is 0. The molecule has 0 bridgehead atoms. The van der Waals surface area contributed by atoms with Gasteiger partial charge in [-0.05, 0) is 73.2 Å². The molecule has 3 heteroatoms. The molecule has 4 rings (SSSR count). The van der Waals surface area contributed by atoms with Crippen molar-refractivity contribution in [3.05, 3.63) is 88.8 Å². The largest absolute Gasteiger partial charge is 0.468 e. The maximum Gasteiger partial charge on any atom is 0.125 e. The SMILES string of the molecule is CCCC1=C(c2cc(C)ccc2C)CCN(Cc2ccco2)C1c1ccco1. The summed E-state index contributed by atoms with van der Waals surface area (Å²) in [5.41, 5.74) is 7.06.